The van der Waals surface area contributed by atoms with Gasteiger partial charge in [-0.25, -0.2) is 4.79 Å². The number of alkyl halides is 7. The van der Waals surface area contributed by atoms with Gasteiger partial charge in [0.2, 0.25) is 0 Å². The molecule has 1 atom stereocenters. The molecule has 4 bridgehead atoms. The van der Waals surface area contributed by atoms with E-state index in [4.69, 9.17) is 9.29 Å². The second kappa shape index (κ2) is 10.4. The smallest absolute Gasteiger partial charge is 0.461 e. The minimum Gasteiger partial charge on any atom is -0.461 e. The van der Waals surface area contributed by atoms with Crippen LogP contribution in [0.2, 0.25) is 0 Å². The highest BCUT2D eigenvalue weighted by Crippen LogP contribution is 2.61. The fraction of sp³-hybridized carbons (Fsp3) is 0.909. The van der Waals surface area contributed by atoms with Crippen LogP contribution in [0.25, 0.3) is 0 Å². The summed E-state index contributed by atoms with van der Waals surface area (Å²) in [4.78, 5) is 25.7. The third kappa shape index (κ3) is 5.62. The van der Waals surface area contributed by atoms with Crippen molar-refractivity contribution in [2.45, 2.75) is 87.9 Å². The van der Waals surface area contributed by atoms with Crippen LogP contribution in [0.4, 0.5) is 30.7 Å². The van der Waals surface area contributed by atoms with Crippen molar-refractivity contribution in [2.24, 2.45) is 23.2 Å². The summed E-state index contributed by atoms with van der Waals surface area (Å²) >= 11 is 0. The minimum atomic E-state index is -6.48. The van der Waals surface area contributed by atoms with E-state index < -0.39 is 83.1 Å². The maximum Gasteiger partial charge on any atom is 0.468 e. The molecule has 8 nitrogen and oxygen atoms in total. The lowest BCUT2D eigenvalue weighted by atomic mass is 9.49. The van der Waals surface area contributed by atoms with Gasteiger partial charge >= 0.3 is 45.2 Å². The van der Waals surface area contributed by atoms with Gasteiger partial charge in [-0.15, -0.1) is 0 Å². The standard InChI is InChI=1S/C22H29F7O8S/c1-2-35-17(31)20(21(25,26)27,36-6-4-3-5-19(23,24)22(28,29)38(32,33)34)37-16(30)18-10-13-7-14(11-18)9-15(8-13)12-18/h13-15H,2-12H2,1H3,(H,32,33,34). The van der Waals surface area contributed by atoms with Crippen LogP contribution in [0.5, 0.6) is 0 Å². The van der Waals surface area contributed by atoms with E-state index in [1.165, 1.54) is 6.92 Å². The van der Waals surface area contributed by atoms with Gasteiger partial charge in [0.05, 0.1) is 18.6 Å². The predicted octanol–water partition coefficient (Wildman–Crippen LogP) is 4.87. The van der Waals surface area contributed by atoms with Crippen molar-refractivity contribution in [1.82, 2.24) is 0 Å². The Morgan fingerprint density at radius 2 is 1.42 bits per heavy atom. The van der Waals surface area contributed by atoms with Gasteiger partial charge in [0.15, 0.2) is 0 Å². The maximum atomic E-state index is 14.3. The minimum absolute atomic E-state index is 0.139. The first kappa shape index (κ1) is 30.9. The number of carbonyl (C=O) groups is 2. The molecule has 16 heteroatoms. The second-order valence-corrected chi connectivity index (χ2v) is 11.9. The SMILES string of the molecule is CCOC(=O)C(OCCCCC(F)(F)C(F)(F)S(=O)(=O)O)(OC(=O)C12CC3CC(CC(C3)C1)C2)C(F)(F)F. The van der Waals surface area contributed by atoms with Crippen molar-refractivity contribution in [3.05, 3.63) is 0 Å². The van der Waals surface area contributed by atoms with E-state index in [0.29, 0.717) is 19.3 Å². The zero-order valence-corrected chi connectivity index (χ0v) is 21.2. The number of hydrogen-bond donors (Lipinski definition) is 1. The number of halogens is 7. The largest absolute Gasteiger partial charge is 0.468 e. The van der Waals surface area contributed by atoms with Crippen molar-refractivity contribution in [3.8, 4) is 0 Å². The average molecular weight is 587 g/mol. The van der Waals surface area contributed by atoms with Crippen LogP contribution in [-0.4, -0.2) is 61.3 Å². The van der Waals surface area contributed by atoms with E-state index in [2.05, 4.69) is 9.47 Å². The van der Waals surface area contributed by atoms with Gasteiger partial charge in [0, 0.05) is 6.42 Å². The molecule has 0 aliphatic heterocycles. The Bertz CT molecular complexity index is 978. The Balaban J connectivity index is 1.74. The van der Waals surface area contributed by atoms with Crippen LogP contribution in [0.15, 0.2) is 0 Å². The van der Waals surface area contributed by atoms with Gasteiger partial charge in [-0.1, -0.05) is 0 Å². The van der Waals surface area contributed by atoms with Crippen LogP contribution < -0.4 is 0 Å². The molecule has 0 spiro atoms. The lowest BCUT2D eigenvalue weighted by molar-refractivity contribution is -0.359. The Labute approximate surface area is 214 Å². The van der Waals surface area contributed by atoms with Crippen LogP contribution >= 0.6 is 0 Å². The van der Waals surface area contributed by atoms with Gasteiger partial charge in [0.1, 0.15) is 0 Å². The summed E-state index contributed by atoms with van der Waals surface area (Å²) in [6, 6.07) is 0. The number of esters is 2. The second-order valence-electron chi connectivity index (χ2n) is 10.4. The van der Waals surface area contributed by atoms with Crippen molar-refractivity contribution < 1.29 is 67.5 Å². The van der Waals surface area contributed by atoms with Crippen molar-refractivity contribution in [2.75, 3.05) is 13.2 Å². The Morgan fingerprint density at radius 3 is 1.84 bits per heavy atom. The van der Waals surface area contributed by atoms with Gasteiger partial charge in [0.25, 0.3) is 0 Å². The van der Waals surface area contributed by atoms with Crippen LogP contribution in [0, 0.1) is 23.2 Å². The quantitative estimate of drug-likeness (QED) is 0.113. The summed E-state index contributed by atoms with van der Waals surface area (Å²) < 4.78 is 140. The molecular formula is C22H29F7O8S. The van der Waals surface area contributed by atoms with Crippen molar-refractivity contribution in [3.63, 3.8) is 0 Å². The number of unbranched alkanes of at least 4 members (excludes halogenated alkanes) is 1. The highest BCUT2D eigenvalue weighted by Gasteiger charge is 2.70. The summed E-state index contributed by atoms with van der Waals surface area (Å²) in [6.07, 6.45) is -5.86. The molecule has 4 aliphatic carbocycles. The first-order valence-electron chi connectivity index (χ1n) is 12.1. The summed E-state index contributed by atoms with van der Waals surface area (Å²) in [5.74, 6) is -12.4. The third-order valence-corrected chi connectivity index (χ3v) is 8.51. The van der Waals surface area contributed by atoms with E-state index in [1.54, 1.807) is 0 Å². The number of hydrogen-bond acceptors (Lipinski definition) is 7. The fourth-order valence-electron chi connectivity index (χ4n) is 6.21. The van der Waals surface area contributed by atoms with Crippen molar-refractivity contribution in [1.29, 1.82) is 0 Å². The van der Waals surface area contributed by atoms with Crippen molar-refractivity contribution >= 4 is 22.1 Å². The molecule has 0 aromatic carbocycles. The number of carbonyl (C=O) groups excluding carboxylic acids is 2. The van der Waals surface area contributed by atoms with Gasteiger partial charge in [-0.3, -0.25) is 9.35 Å². The molecule has 1 unspecified atom stereocenters. The zero-order valence-electron chi connectivity index (χ0n) is 20.4. The molecule has 220 valence electrons. The molecule has 4 rings (SSSR count). The normalized spacial score (nSPS) is 29.1. The molecule has 38 heavy (non-hydrogen) atoms. The molecule has 1 N–H and O–H groups in total. The molecule has 0 saturated heterocycles. The summed E-state index contributed by atoms with van der Waals surface area (Å²) in [6.45, 7) is -0.525. The molecule has 0 aromatic rings. The summed E-state index contributed by atoms with van der Waals surface area (Å²) in [7, 11) is -6.48. The van der Waals surface area contributed by atoms with Crippen LogP contribution in [0.3, 0.4) is 0 Å². The van der Waals surface area contributed by atoms with Crippen LogP contribution in [0.1, 0.15) is 64.7 Å². The zero-order chi connectivity index (χ0) is 28.8. The Kier molecular flexibility index (Phi) is 8.43. The van der Waals surface area contributed by atoms with Gasteiger partial charge in [-0.2, -0.15) is 39.2 Å². The topological polar surface area (TPSA) is 116 Å². The molecule has 0 heterocycles. The van der Waals surface area contributed by atoms with E-state index in [-0.39, 0.29) is 17.8 Å². The van der Waals surface area contributed by atoms with Crippen LogP contribution in [-0.2, 0) is 33.9 Å². The van der Waals surface area contributed by atoms with Gasteiger partial charge < -0.3 is 14.2 Å². The first-order valence-corrected chi connectivity index (χ1v) is 13.6. The summed E-state index contributed by atoms with van der Waals surface area (Å²) in [5, 5.41) is -5.84. The molecular weight excluding hydrogens is 557 g/mol. The Morgan fingerprint density at radius 1 is 0.921 bits per heavy atom. The number of rotatable bonds is 12. The number of ether oxygens (including phenoxy) is 3. The molecule has 0 aromatic heterocycles. The molecule has 4 aliphatic rings. The van der Waals surface area contributed by atoms with E-state index >= 15 is 0 Å². The maximum absolute atomic E-state index is 14.3. The molecule has 4 saturated carbocycles. The average Bonchev–Trinajstić information content (AvgIpc) is 2.75. The lowest BCUT2D eigenvalue weighted by Gasteiger charge is -2.55. The molecule has 0 radical (unpaired) electrons. The predicted molar refractivity (Wildman–Crippen MR) is 113 cm³/mol. The monoisotopic (exact) mass is 586 g/mol. The van der Waals surface area contributed by atoms with E-state index in [1.807, 2.05) is 0 Å². The van der Waals surface area contributed by atoms with Gasteiger partial charge in [-0.05, 0) is 76.0 Å². The fourth-order valence-corrected chi connectivity index (χ4v) is 6.69. The highest BCUT2D eigenvalue weighted by molar-refractivity contribution is 7.87. The van der Waals surface area contributed by atoms with E-state index in [9.17, 15) is 48.7 Å². The Hall–Kier alpha value is -1.68. The van der Waals surface area contributed by atoms with E-state index in [0.717, 1.165) is 19.3 Å². The summed E-state index contributed by atoms with van der Waals surface area (Å²) in [5.41, 5.74) is -1.23. The highest BCUT2D eigenvalue weighted by atomic mass is 32.2. The lowest BCUT2D eigenvalue weighted by Crippen LogP contribution is -2.61. The molecule has 4 fully saturated rings. The molecule has 0 amide bonds. The first-order chi connectivity index (χ1) is 17.3. The third-order valence-electron chi connectivity index (χ3n) is 7.57.